The molecule has 2 aliphatic rings. The first-order chi connectivity index (χ1) is 17.9. The average molecular weight is 574 g/mol. The smallest absolute Gasteiger partial charge is 0.368 e. The Balaban J connectivity index is 1.55. The fourth-order valence-corrected chi connectivity index (χ4v) is 6.15. The molecule has 9 nitrogen and oxygen atoms in total. The van der Waals surface area contributed by atoms with Gasteiger partial charge in [-0.05, 0) is 59.4 Å². The van der Waals surface area contributed by atoms with Gasteiger partial charge >= 0.3 is 6.18 Å². The molecule has 2 fully saturated rings. The number of nitrogens with one attached hydrogen (secondary N) is 2. The third-order valence-electron chi connectivity index (χ3n) is 7.99. The molecule has 0 aliphatic carbocycles. The Morgan fingerprint density at radius 1 is 1.08 bits per heavy atom. The summed E-state index contributed by atoms with van der Waals surface area (Å²) in [4.78, 5) is 11.9. The highest BCUT2D eigenvalue weighted by Gasteiger charge is 2.49. The number of rotatable bonds is 6. The van der Waals surface area contributed by atoms with Crippen molar-refractivity contribution in [2.45, 2.75) is 57.4 Å². The SMILES string of the molecule is CN1C(C)(C)CC(Nc2nc(Nc3ccc(N4CCN(S(C)(=O)=O)CC4)c(C(F)(F)F)c3)ncc2F)C1(C)C. The second-order valence-corrected chi connectivity index (χ2v) is 13.3. The van der Waals surface area contributed by atoms with Gasteiger partial charge in [-0.1, -0.05) is 0 Å². The van der Waals surface area contributed by atoms with Gasteiger partial charge in [0.1, 0.15) is 0 Å². The van der Waals surface area contributed by atoms with Crippen molar-refractivity contribution in [3.05, 3.63) is 35.8 Å². The Morgan fingerprint density at radius 2 is 1.72 bits per heavy atom. The van der Waals surface area contributed by atoms with Gasteiger partial charge in [-0.15, -0.1) is 0 Å². The summed E-state index contributed by atoms with van der Waals surface area (Å²) >= 11 is 0. The largest absolute Gasteiger partial charge is 0.418 e. The fraction of sp³-hybridized carbons (Fsp3) is 0.600. The Kier molecular flexibility index (Phi) is 7.54. The Bertz CT molecular complexity index is 1330. The van der Waals surface area contributed by atoms with Crippen molar-refractivity contribution in [2.75, 3.05) is 55.0 Å². The highest BCUT2D eigenvalue weighted by Crippen LogP contribution is 2.41. The lowest BCUT2D eigenvalue weighted by Crippen LogP contribution is -2.49. The van der Waals surface area contributed by atoms with E-state index in [1.807, 2.05) is 7.05 Å². The van der Waals surface area contributed by atoms with Gasteiger partial charge in [0.25, 0.3) is 0 Å². The van der Waals surface area contributed by atoms with Crippen LogP contribution in [0.5, 0.6) is 0 Å². The molecule has 2 aromatic rings. The lowest BCUT2D eigenvalue weighted by molar-refractivity contribution is -0.137. The van der Waals surface area contributed by atoms with E-state index in [9.17, 15) is 26.0 Å². The van der Waals surface area contributed by atoms with Gasteiger partial charge in [0.05, 0.1) is 18.0 Å². The number of anilines is 4. The molecule has 2 N–H and O–H groups in total. The summed E-state index contributed by atoms with van der Waals surface area (Å²) in [6.07, 6.45) is -1.87. The second kappa shape index (κ2) is 10.0. The zero-order valence-corrected chi connectivity index (χ0v) is 23.7. The number of alkyl halides is 3. The maximum atomic E-state index is 14.7. The molecular formula is C25H35F4N7O2S. The molecule has 0 bridgehead atoms. The molecular weight excluding hydrogens is 538 g/mol. The lowest BCUT2D eigenvalue weighted by atomic mass is 9.94. The van der Waals surface area contributed by atoms with Crippen LogP contribution in [0.15, 0.2) is 24.4 Å². The summed E-state index contributed by atoms with van der Waals surface area (Å²) in [5.41, 5.74) is -1.27. The summed E-state index contributed by atoms with van der Waals surface area (Å²) in [5, 5.41) is 5.94. The number of hydrogen-bond acceptors (Lipinski definition) is 8. The van der Waals surface area contributed by atoms with Crippen molar-refractivity contribution >= 4 is 33.2 Å². The number of halogens is 4. The van der Waals surface area contributed by atoms with E-state index in [1.165, 1.54) is 21.3 Å². The van der Waals surface area contributed by atoms with E-state index in [1.54, 1.807) is 0 Å². The van der Waals surface area contributed by atoms with Crippen LogP contribution in [0.4, 0.5) is 40.7 Å². The van der Waals surface area contributed by atoms with Crippen LogP contribution in [0.2, 0.25) is 0 Å². The van der Waals surface area contributed by atoms with Gasteiger partial charge in [-0.3, -0.25) is 4.90 Å². The van der Waals surface area contributed by atoms with Crippen LogP contribution >= 0.6 is 0 Å². The van der Waals surface area contributed by atoms with E-state index in [-0.39, 0.29) is 66.4 Å². The zero-order valence-electron chi connectivity index (χ0n) is 22.9. The van der Waals surface area contributed by atoms with Crippen molar-refractivity contribution < 1.29 is 26.0 Å². The van der Waals surface area contributed by atoms with Gasteiger partial charge in [-0.2, -0.15) is 22.5 Å². The van der Waals surface area contributed by atoms with E-state index in [0.29, 0.717) is 0 Å². The van der Waals surface area contributed by atoms with Crippen LogP contribution in [0.25, 0.3) is 0 Å². The van der Waals surface area contributed by atoms with Gasteiger partial charge < -0.3 is 15.5 Å². The van der Waals surface area contributed by atoms with Gasteiger partial charge in [0, 0.05) is 54.7 Å². The predicted octanol–water partition coefficient (Wildman–Crippen LogP) is 4.13. The number of hydrogen-bond donors (Lipinski definition) is 2. The fourth-order valence-electron chi connectivity index (χ4n) is 5.33. The van der Waals surface area contributed by atoms with Crippen LogP contribution in [0, 0.1) is 5.82 Å². The van der Waals surface area contributed by atoms with E-state index >= 15 is 0 Å². The summed E-state index contributed by atoms with van der Waals surface area (Å²) in [6, 6.07) is 3.62. The number of nitrogens with zero attached hydrogens (tertiary/aromatic N) is 5. The minimum atomic E-state index is -4.66. The van der Waals surface area contributed by atoms with Gasteiger partial charge in [0.2, 0.25) is 16.0 Å². The molecule has 0 amide bonds. The summed E-state index contributed by atoms with van der Waals surface area (Å²) < 4.78 is 81.6. The molecule has 39 heavy (non-hydrogen) atoms. The number of likely N-dealkylation sites (tertiary alicyclic amines) is 1. The number of sulfonamides is 1. The lowest BCUT2D eigenvalue weighted by Gasteiger charge is -2.38. The topological polar surface area (TPSA) is 93.7 Å². The molecule has 4 rings (SSSR count). The van der Waals surface area contributed by atoms with Crippen LogP contribution < -0.4 is 15.5 Å². The molecule has 2 aliphatic heterocycles. The highest BCUT2D eigenvalue weighted by molar-refractivity contribution is 7.88. The zero-order chi connectivity index (χ0) is 29.0. The predicted molar refractivity (Wildman–Crippen MR) is 143 cm³/mol. The first-order valence-electron chi connectivity index (χ1n) is 12.6. The van der Waals surface area contributed by atoms with Gasteiger partial charge in [0.15, 0.2) is 11.6 Å². The standard InChI is InChI=1S/C25H35F4N7O2S/c1-23(2)14-20(24(3,4)34(23)5)32-21-18(26)15-30-22(33-21)31-16-7-8-19(17(13-16)25(27,28)29)35-9-11-36(12-10-35)39(6,37)38/h7-8,13,15,20H,9-12,14H2,1-6H3,(H2,30,31,32,33). The van der Waals surface area contributed by atoms with Crippen molar-refractivity contribution in [1.29, 1.82) is 0 Å². The second-order valence-electron chi connectivity index (χ2n) is 11.3. The quantitative estimate of drug-likeness (QED) is 0.499. The summed E-state index contributed by atoms with van der Waals surface area (Å²) in [7, 11) is -1.40. The molecule has 1 aromatic carbocycles. The van der Waals surface area contributed by atoms with E-state index in [4.69, 9.17) is 0 Å². The first-order valence-corrected chi connectivity index (χ1v) is 14.5. The monoisotopic (exact) mass is 573 g/mol. The van der Waals surface area contributed by atoms with Crippen LogP contribution in [-0.4, -0.2) is 84.2 Å². The molecule has 2 saturated heterocycles. The summed E-state index contributed by atoms with van der Waals surface area (Å²) in [5.74, 6) is -0.749. The highest BCUT2D eigenvalue weighted by atomic mass is 32.2. The maximum absolute atomic E-state index is 14.7. The average Bonchev–Trinajstić information content (AvgIpc) is 2.98. The van der Waals surface area contributed by atoms with Crippen molar-refractivity contribution in [2.24, 2.45) is 0 Å². The van der Waals surface area contributed by atoms with Crippen LogP contribution in [0.3, 0.4) is 0 Å². The molecule has 0 spiro atoms. The molecule has 0 saturated carbocycles. The molecule has 1 unspecified atom stereocenters. The maximum Gasteiger partial charge on any atom is 0.418 e. The first kappa shape index (κ1) is 29.3. The Hall–Kier alpha value is -2.71. The number of likely N-dealkylation sites (N-methyl/N-ethyl adjacent to an activating group) is 1. The Morgan fingerprint density at radius 3 is 2.26 bits per heavy atom. The minimum Gasteiger partial charge on any atom is -0.368 e. The van der Waals surface area contributed by atoms with E-state index in [2.05, 4.69) is 53.2 Å². The third kappa shape index (κ3) is 6.07. The number of aromatic nitrogens is 2. The molecule has 0 radical (unpaired) electrons. The third-order valence-corrected chi connectivity index (χ3v) is 9.29. The van der Waals surface area contributed by atoms with Crippen molar-refractivity contribution in [3.8, 4) is 0 Å². The van der Waals surface area contributed by atoms with Crippen molar-refractivity contribution in [3.63, 3.8) is 0 Å². The van der Waals surface area contributed by atoms with Crippen molar-refractivity contribution in [1.82, 2.24) is 19.2 Å². The number of benzene rings is 1. The van der Waals surface area contributed by atoms with Gasteiger partial charge in [-0.25, -0.2) is 17.8 Å². The number of piperazine rings is 1. The summed E-state index contributed by atoms with van der Waals surface area (Å²) in [6.45, 7) is 8.77. The van der Waals surface area contributed by atoms with E-state index < -0.39 is 27.6 Å². The molecule has 216 valence electrons. The molecule has 3 heterocycles. The molecule has 1 atom stereocenters. The minimum absolute atomic E-state index is 0.0342. The van der Waals surface area contributed by atoms with Crippen LogP contribution in [0.1, 0.15) is 39.7 Å². The van der Waals surface area contributed by atoms with Crippen LogP contribution in [-0.2, 0) is 16.2 Å². The molecule has 14 heteroatoms. The van der Waals surface area contributed by atoms with E-state index in [0.717, 1.165) is 24.9 Å². The normalized spacial score (nSPS) is 22.2. The Labute approximate surface area is 226 Å². The molecule has 1 aromatic heterocycles.